The fourth-order valence-corrected chi connectivity index (χ4v) is 3.59. The van der Waals surface area contributed by atoms with Crippen molar-refractivity contribution in [1.82, 2.24) is 15.2 Å². The van der Waals surface area contributed by atoms with E-state index in [4.69, 9.17) is 4.74 Å². The van der Waals surface area contributed by atoms with E-state index in [-0.39, 0.29) is 18.2 Å². The molecule has 1 amide bonds. The molecule has 0 radical (unpaired) electrons. The lowest BCUT2D eigenvalue weighted by Crippen LogP contribution is -2.37. The maximum Gasteiger partial charge on any atom is 0.416 e. The van der Waals surface area contributed by atoms with Gasteiger partial charge in [0.25, 0.3) is 0 Å². The van der Waals surface area contributed by atoms with E-state index >= 15 is 0 Å². The van der Waals surface area contributed by atoms with Crippen molar-refractivity contribution >= 4 is 23.4 Å². The fraction of sp³-hybridized carbons (Fsp3) is 0.238. The van der Waals surface area contributed by atoms with Gasteiger partial charge in [-0.2, -0.15) is 18.2 Å². The summed E-state index contributed by atoms with van der Waals surface area (Å²) in [5.74, 6) is -0.105. The third-order valence-corrected chi connectivity index (χ3v) is 5.33. The van der Waals surface area contributed by atoms with Gasteiger partial charge in [-0.1, -0.05) is 49.0 Å². The molecule has 1 atom stereocenters. The minimum atomic E-state index is -4.47. The third kappa shape index (κ3) is 3.95. The summed E-state index contributed by atoms with van der Waals surface area (Å²) >= 11 is 1.27. The maximum atomic E-state index is 13.0. The van der Waals surface area contributed by atoms with Gasteiger partial charge in [0, 0.05) is 17.5 Å². The first-order valence-electron chi connectivity index (χ1n) is 9.37. The van der Waals surface area contributed by atoms with Crippen molar-refractivity contribution in [2.24, 2.45) is 0 Å². The number of hydrogen-bond donors (Lipinski definition) is 0. The second kappa shape index (κ2) is 8.18. The van der Waals surface area contributed by atoms with Gasteiger partial charge < -0.3 is 4.74 Å². The molecule has 2 heterocycles. The quantitative estimate of drug-likeness (QED) is 0.521. The second-order valence-corrected chi connectivity index (χ2v) is 7.45. The van der Waals surface area contributed by atoms with Crippen LogP contribution >= 0.6 is 11.8 Å². The fourth-order valence-electron chi connectivity index (χ4n) is 3.29. The van der Waals surface area contributed by atoms with E-state index in [1.54, 1.807) is 37.4 Å². The Kier molecular flexibility index (Phi) is 5.57. The number of fused-ring (bicyclic) bond motifs is 3. The van der Waals surface area contributed by atoms with E-state index in [1.807, 2.05) is 0 Å². The number of carbonyl (C=O) groups is 1. The zero-order valence-electron chi connectivity index (χ0n) is 16.6. The summed E-state index contributed by atoms with van der Waals surface area (Å²) in [6.07, 6.45) is -3.54. The molecule has 1 unspecified atom stereocenters. The molecule has 0 bridgehead atoms. The minimum absolute atomic E-state index is 0.156. The number of nitrogens with zero attached hydrogens (tertiary/aromatic N) is 4. The van der Waals surface area contributed by atoms with Gasteiger partial charge in [-0.15, -0.1) is 10.2 Å². The first kappa shape index (κ1) is 21.1. The van der Waals surface area contributed by atoms with Crippen molar-refractivity contribution in [3.63, 3.8) is 0 Å². The standard InChI is InChI=1S/C21H17F3N4O2S/c1-3-16(29)28-15-7-5-4-6-14(15)17-18(25-20(31-2)27-26-17)30-19(28)12-8-10-13(11-9-12)21(22,23)24/h4-11,19H,3H2,1-2H3. The largest absolute Gasteiger partial charge is 0.447 e. The van der Waals surface area contributed by atoms with Crippen molar-refractivity contribution in [2.45, 2.75) is 30.9 Å². The summed E-state index contributed by atoms with van der Waals surface area (Å²) in [5, 5.41) is 8.68. The van der Waals surface area contributed by atoms with Gasteiger partial charge in [-0.3, -0.25) is 9.69 Å². The van der Waals surface area contributed by atoms with Crippen molar-refractivity contribution in [1.29, 1.82) is 0 Å². The molecule has 10 heteroatoms. The van der Waals surface area contributed by atoms with Crippen molar-refractivity contribution in [3.05, 3.63) is 59.7 Å². The van der Waals surface area contributed by atoms with E-state index in [0.29, 0.717) is 27.7 Å². The van der Waals surface area contributed by atoms with Gasteiger partial charge >= 0.3 is 6.18 Å². The summed E-state index contributed by atoms with van der Waals surface area (Å²) < 4.78 is 45.2. The highest BCUT2D eigenvalue weighted by molar-refractivity contribution is 7.98. The highest BCUT2D eigenvalue weighted by atomic mass is 32.2. The van der Waals surface area contributed by atoms with Crippen molar-refractivity contribution in [3.8, 4) is 17.1 Å². The molecule has 2 aromatic carbocycles. The molecular weight excluding hydrogens is 429 g/mol. The number of amides is 1. The number of para-hydroxylation sites is 1. The molecule has 0 fully saturated rings. The topological polar surface area (TPSA) is 68.2 Å². The summed E-state index contributed by atoms with van der Waals surface area (Å²) in [7, 11) is 0. The van der Waals surface area contributed by atoms with Gasteiger partial charge in [0.05, 0.1) is 11.3 Å². The molecule has 1 aromatic heterocycles. The van der Waals surface area contributed by atoms with Crippen LogP contribution in [0.25, 0.3) is 11.3 Å². The van der Waals surface area contributed by atoms with E-state index < -0.39 is 18.0 Å². The highest BCUT2D eigenvalue weighted by Crippen LogP contribution is 2.43. The SMILES string of the molecule is CCC(=O)N1c2ccccc2-c2nnc(SC)nc2OC1c1ccc(C(F)(F)F)cc1. The monoisotopic (exact) mass is 446 g/mol. The molecule has 0 spiro atoms. The van der Waals surface area contributed by atoms with Gasteiger partial charge in [0.15, 0.2) is 5.69 Å². The molecule has 3 aromatic rings. The molecule has 1 aliphatic heterocycles. The van der Waals surface area contributed by atoms with Crippen LogP contribution in [-0.2, 0) is 11.0 Å². The number of halogens is 3. The van der Waals surface area contributed by atoms with Gasteiger partial charge in [0.1, 0.15) is 0 Å². The van der Waals surface area contributed by atoms with Crippen molar-refractivity contribution < 1.29 is 22.7 Å². The van der Waals surface area contributed by atoms with E-state index in [0.717, 1.165) is 12.1 Å². The normalized spacial score (nSPS) is 15.5. The van der Waals surface area contributed by atoms with Gasteiger partial charge in [-0.25, -0.2) is 0 Å². The van der Waals surface area contributed by atoms with Crippen LogP contribution in [0.2, 0.25) is 0 Å². The Morgan fingerprint density at radius 3 is 2.48 bits per heavy atom. The van der Waals surface area contributed by atoms with Crippen LogP contribution < -0.4 is 9.64 Å². The Labute approximate surface area is 180 Å². The van der Waals surface area contributed by atoms with Gasteiger partial charge in [0.2, 0.25) is 23.2 Å². The average molecular weight is 446 g/mol. The first-order valence-corrected chi connectivity index (χ1v) is 10.6. The molecule has 6 nitrogen and oxygen atoms in total. The Hall–Kier alpha value is -3.14. The number of ether oxygens (including phenoxy) is 1. The lowest BCUT2D eigenvalue weighted by molar-refractivity contribution is -0.137. The number of hydrogen-bond acceptors (Lipinski definition) is 6. The zero-order chi connectivity index (χ0) is 22.2. The number of carbonyl (C=O) groups excluding carboxylic acids is 1. The summed E-state index contributed by atoms with van der Waals surface area (Å²) in [5.41, 5.74) is 1.07. The van der Waals surface area contributed by atoms with Crippen LogP contribution in [0.1, 0.15) is 30.7 Å². The van der Waals surface area contributed by atoms with Gasteiger partial charge in [-0.05, 0) is 24.5 Å². The number of benzene rings is 2. The Morgan fingerprint density at radius 2 is 1.84 bits per heavy atom. The van der Waals surface area contributed by atoms with Crippen LogP contribution in [-0.4, -0.2) is 27.3 Å². The summed E-state index contributed by atoms with van der Waals surface area (Å²) in [6, 6.07) is 11.6. The Morgan fingerprint density at radius 1 is 1.13 bits per heavy atom. The lowest BCUT2D eigenvalue weighted by atomic mass is 10.1. The molecule has 1 aliphatic rings. The number of alkyl halides is 3. The Bertz CT molecular complexity index is 1120. The molecule has 0 N–H and O–H groups in total. The molecule has 0 saturated heterocycles. The predicted octanol–water partition coefficient (Wildman–Crippen LogP) is 5.11. The second-order valence-electron chi connectivity index (χ2n) is 6.68. The minimum Gasteiger partial charge on any atom is -0.447 e. The Balaban J connectivity index is 1.91. The molecule has 31 heavy (non-hydrogen) atoms. The zero-order valence-corrected chi connectivity index (χ0v) is 17.4. The third-order valence-electron chi connectivity index (χ3n) is 4.79. The van der Waals surface area contributed by atoms with Crippen LogP contribution in [0.3, 0.4) is 0 Å². The van der Waals surface area contributed by atoms with E-state index in [1.165, 1.54) is 28.8 Å². The lowest BCUT2D eigenvalue weighted by Gasteiger charge is -2.30. The highest BCUT2D eigenvalue weighted by Gasteiger charge is 2.36. The molecule has 0 saturated carbocycles. The summed E-state index contributed by atoms with van der Waals surface area (Å²) in [6.45, 7) is 1.71. The number of anilines is 1. The van der Waals surface area contributed by atoms with Crippen molar-refractivity contribution in [2.75, 3.05) is 11.2 Å². The van der Waals surface area contributed by atoms with Crippen LogP contribution in [0, 0.1) is 0 Å². The number of thioether (sulfide) groups is 1. The molecular formula is C21H17F3N4O2S. The number of rotatable bonds is 3. The number of aromatic nitrogens is 3. The first-order chi connectivity index (χ1) is 14.8. The maximum absolute atomic E-state index is 13.0. The summed E-state index contributed by atoms with van der Waals surface area (Å²) in [4.78, 5) is 18.8. The molecule has 160 valence electrons. The molecule has 0 aliphatic carbocycles. The average Bonchev–Trinajstić information content (AvgIpc) is 2.92. The van der Waals surface area contributed by atoms with Crippen LogP contribution in [0.15, 0.2) is 53.7 Å². The van der Waals surface area contributed by atoms with E-state index in [9.17, 15) is 18.0 Å². The van der Waals surface area contributed by atoms with Crippen LogP contribution in [0.4, 0.5) is 18.9 Å². The van der Waals surface area contributed by atoms with Crippen LogP contribution in [0.5, 0.6) is 5.88 Å². The predicted molar refractivity (Wildman–Crippen MR) is 110 cm³/mol. The van der Waals surface area contributed by atoms with E-state index in [2.05, 4.69) is 15.2 Å². The smallest absolute Gasteiger partial charge is 0.416 e. The molecule has 4 rings (SSSR count).